The number of hydrogen-bond acceptors (Lipinski definition) is 5. The van der Waals surface area contributed by atoms with Crippen molar-refractivity contribution in [3.63, 3.8) is 0 Å². The van der Waals surface area contributed by atoms with Crippen molar-refractivity contribution in [2.45, 2.75) is 31.4 Å². The fourth-order valence-corrected chi connectivity index (χ4v) is 3.32. The van der Waals surface area contributed by atoms with E-state index in [9.17, 15) is 9.90 Å². The van der Waals surface area contributed by atoms with Gasteiger partial charge in [-0.2, -0.15) is 0 Å². The SMILES string of the molecule is O=C(NC1CCN(c2nccc(-c3ccc[nH]3)n2)C1)C1CC(O)C1. The van der Waals surface area contributed by atoms with Crippen molar-refractivity contribution in [3.8, 4) is 11.4 Å². The van der Waals surface area contributed by atoms with Crippen molar-refractivity contribution < 1.29 is 9.90 Å². The van der Waals surface area contributed by atoms with Gasteiger partial charge in [0.2, 0.25) is 11.9 Å². The molecule has 0 bridgehead atoms. The number of nitrogens with one attached hydrogen (secondary N) is 2. The minimum Gasteiger partial charge on any atom is -0.393 e. The molecule has 3 N–H and O–H groups in total. The fourth-order valence-electron chi connectivity index (χ4n) is 3.32. The maximum atomic E-state index is 12.1. The van der Waals surface area contributed by atoms with Gasteiger partial charge < -0.3 is 20.3 Å². The van der Waals surface area contributed by atoms with Gasteiger partial charge in [0.25, 0.3) is 0 Å². The normalized spacial score (nSPS) is 26.2. The van der Waals surface area contributed by atoms with Crippen LogP contribution in [0.4, 0.5) is 5.95 Å². The highest BCUT2D eigenvalue weighted by Crippen LogP contribution is 2.28. The van der Waals surface area contributed by atoms with Gasteiger partial charge in [0.15, 0.2) is 0 Å². The first-order chi connectivity index (χ1) is 11.7. The topological polar surface area (TPSA) is 94.1 Å². The number of amides is 1. The molecule has 7 nitrogen and oxygen atoms in total. The number of aromatic nitrogens is 3. The summed E-state index contributed by atoms with van der Waals surface area (Å²) in [5.41, 5.74) is 1.83. The molecule has 1 atom stereocenters. The molecule has 126 valence electrons. The molecule has 4 rings (SSSR count). The Morgan fingerprint density at radius 2 is 2.25 bits per heavy atom. The number of hydrogen-bond donors (Lipinski definition) is 3. The Kier molecular flexibility index (Phi) is 3.93. The average Bonchev–Trinajstić information content (AvgIpc) is 3.23. The average molecular weight is 327 g/mol. The second kappa shape index (κ2) is 6.24. The third kappa shape index (κ3) is 2.99. The van der Waals surface area contributed by atoms with E-state index < -0.39 is 0 Å². The number of carbonyl (C=O) groups is 1. The van der Waals surface area contributed by atoms with Gasteiger partial charge in [-0.15, -0.1) is 0 Å². The van der Waals surface area contributed by atoms with Crippen LogP contribution in [0.2, 0.25) is 0 Å². The molecule has 2 fully saturated rings. The van der Waals surface area contributed by atoms with Gasteiger partial charge in [0, 0.05) is 37.4 Å². The monoisotopic (exact) mass is 327 g/mol. The standard InChI is InChI=1S/C17H21N5O2/c23-13-8-11(9-13)16(24)20-12-4-7-22(10-12)17-19-6-3-15(21-17)14-2-1-5-18-14/h1-3,5-6,11-13,18,23H,4,7-10H2,(H,20,24). The molecule has 2 aromatic rings. The predicted molar refractivity (Wildman–Crippen MR) is 89.3 cm³/mol. The lowest BCUT2D eigenvalue weighted by Gasteiger charge is -2.31. The Labute approximate surface area is 140 Å². The number of anilines is 1. The van der Waals surface area contributed by atoms with E-state index in [0.29, 0.717) is 18.8 Å². The summed E-state index contributed by atoms with van der Waals surface area (Å²) >= 11 is 0. The van der Waals surface area contributed by atoms with Gasteiger partial charge in [0.05, 0.1) is 17.5 Å². The summed E-state index contributed by atoms with van der Waals surface area (Å²) < 4.78 is 0. The smallest absolute Gasteiger partial charge is 0.225 e. The van der Waals surface area contributed by atoms with Gasteiger partial charge in [0.1, 0.15) is 0 Å². The summed E-state index contributed by atoms with van der Waals surface area (Å²) in [5, 5.41) is 12.4. The van der Waals surface area contributed by atoms with Crippen molar-refractivity contribution in [2.75, 3.05) is 18.0 Å². The Balaban J connectivity index is 1.38. The zero-order valence-corrected chi connectivity index (χ0v) is 13.4. The lowest BCUT2D eigenvalue weighted by Crippen LogP contribution is -2.46. The molecule has 1 aliphatic heterocycles. The second-order valence-corrected chi connectivity index (χ2v) is 6.59. The Bertz CT molecular complexity index is 712. The molecule has 1 saturated carbocycles. The molecule has 2 aliphatic rings. The number of carbonyl (C=O) groups excluding carboxylic acids is 1. The lowest BCUT2D eigenvalue weighted by atomic mass is 9.82. The third-order valence-electron chi connectivity index (χ3n) is 4.82. The number of rotatable bonds is 4. The molecular weight excluding hydrogens is 306 g/mol. The van der Waals surface area contributed by atoms with E-state index in [1.165, 1.54) is 0 Å². The molecule has 3 heterocycles. The molecule has 1 amide bonds. The summed E-state index contributed by atoms with van der Waals surface area (Å²) in [5.74, 6) is 0.729. The lowest BCUT2D eigenvalue weighted by molar-refractivity contribution is -0.132. The summed E-state index contributed by atoms with van der Waals surface area (Å²) in [6.07, 6.45) is 5.39. The molecule has 7 heteroatoms. The van der Waals surface area contributed by atoms with Crippen molar-refractivity contribution in [1.29, 1.82) is 0 Å². The molecule has 2 aromatic heterocycles. The maximum absolute atomic E-state index is 12.1. The minimum absolute atomic E-state index is 0.0264. The van der Waals surface area contributed by atoms with E-state index in [1.54, 1.807) is 6.20 Å². The second-order valence-electron chi connectivity index (χ2n) is 6.59. The van der Waals surface area contributed by atoms with E-state index in [1.807, 2.05) is 24.4 Å². The van der Waals surface area contributed by atoms with E-state index in [0.717, 1.165) is 30.9 Å². The number of aromatic amines is 1. The van der Waals surface area contributed by atoms with Crippen LogP contribution in [0.25, 0.3) is 11.4 Å². The van der Waals surface area contributed by atoms with Gasteiger partial charge >= 0.3 is 0 Å². The van der Waals surface area contributed by atoms with Crippen molar-refractivity contribution in [1.82, 2.24) is 20.3 Å². The van der Waals surface area contributed by atoms with Crippen molar-refractivity contribution in [2.24, 2.45) is 5.92 Å². The number of aliphatic hydroxyl groups excluding tert-OH is 1. The molecule has 24 heavy (non-hydrogen) atoms. The summed E-state index contributed by atoms with van der Waals surface area (Å²) in [7, 11) is 0. The van der Waals surface area contributed by atoms with E-state index in [2.05, 4.69) is 25.2 Å². The van der Waals surface area contributed by atoms with Crippen LogP contribution in [0.1, 0.15) is 19.3 Å². The first-order valence-electron chi connectivity index (χ1n) is 8.39. The Hall–Kier alpha value is -2.41. The highest BCUT2D eigenvalue weighted by atomic mass is 16.3. The first kappa shape index (κ1) is 15.1. The van der Waals surface area contributed by atoms with Crippen LogP contribution >= 0.6 is 0 Å². The summed E-state index contributed by atoms with van der Waals surface area (Å²) in [4.78, 5) is 26.3. The molecule has 0 aromatic carbocycles. The number of H-pyrrole nitrogens is 1. The van der Waals surface area contributed by atoms with E-state index in [-0.39, 0.29) is 24.0 Å². The van der Waals surface area contributed by atoms with Crippen LogP contribution < -0.4 is 10.2 Å². The quantitative estimate of drug-likeness (QED) is 0.777. The minimum atomic E-state index is -0.301. The maximum Gasteiger partial charge on any atom is 0.225 e. The van der Waals surface area contributed by atoms with Gasteiger partial charge in [-0.05, 0) is 37.5 Å². The molecule has 1 saturated heterocycles. The van der Waals surface area contributed by atoms with Crippen molar-refractivity contribution in [3.05, 3.63) is 30.6 Å². The van der Waals surface area contributed by atoms with Gasteiger partial charge in [-0.25, -0.2) is 9.97 Å². The van der Waals surface area contributed by atoms with Crippen LogP contribution in [-0.2, 0) is 4.79 Å². The largest absolute Gasteiger partial charge is 0.393 e. The van der Waals surface area contributed by atoms with Crippen LogP contribution in [0.5, 0.6) is 0 Å². The van der Waals surface area contributed by atoms with Gasteiger partial charge in [-0.1, -0.05) is 0 Å². The molecular formula is C17H21N5O2. The molecule has 1 aliphatic carbocycles. The highest BCUT2D eigenvalue weighted by Gasteiger charge is 2.35. The van der Waals surface area contributed by atoms with Crippen LogP contribution in [-0.4, -0.2) is 51.2 Å². The summed E-state index contributed by atoms with van der Waals surface area (Å²) in [6, 6.07) is 5.92. The van der Waals surface area contributed by atoms with E-state index >= 15 is 0 Å². The number of nitrogens with zero attached hydrogens (tertiary/aromatic N) is 3. The predicted octanol–water partition coefficient (Wildman–Crippen LogP) is 0.937. The van der Waals surface area contributed by atoms with E-state index in [4.69, 9.17) is 0 Å². The Morgan fingerprint density at radius 3 is 3.00 bits per heavy atom. The van der Waals surface area contributed by atoms with Crippen LogP contribution in [0, 0.1) is 5.92 Å². The van der Waals surface area contributed by atoms with Gasteiger partial charge in [-0.3, -0.25) is 4.79 Å². The number of aliphatic hydroxyl groups is 1. The zero-order chi connectivity index (χ0) is 16.5. The fraction of sp³-hybridized carbons (Fsp3) is 0.471. The zero-order valence-electron chi connectivity index (χ0n) is 13.4. The van der Waals surface area contributed by atoms with Crippen molar-refractivity contribution >= 4 is 11.9 Å². The highest BCUT2D eigenvalue weighted by molar-refractivity contribution is 5.80. The Morgan fingerprint density at radius 1 is 1.38 bits per heavy atom. The third-order valence-corrected chi connectivity index (χ3v) is 4.82. The molecule has 1 unspecified atom stereocenters. The first-order valence-corrected chi connectivity index (χ1v) is 8.39. The molecule has 0 radical (unpaired) electrons. The van der Waals surface area contributed by atoms with Crippen LogP contribution in [0.3, 0.4) is 0 Å². The molecule has 0 spiro atoms. The summed E-state index contributed by atoms with van der Waals surface area (Å²) in [6.45, 7) is 1.54. The van der Waals surface area contributed by atoms with Crippen LogP contribution in [0.15, 0.2) is 30.6 Å².